The van der Waals surface area contributed by atoms with Gasteiger partial charge in [0, 0.05) is 17.6 Å². The largest absolute Gasteiger partial charge is 0.573 e. The minimum atomic E-state index is -5.69. The normalized spacial score (nSPS) is 16.4. The SMILES string of the molecule is N#Cc1cc(OCC2CCN(Cc3cc(Cl)cc(OC(F)(F)F)c3)CC2)c(F)c(C(=O)N(OC(=O)C(F)(F)F)S(=O)(=O)C2CC2)c1. The summed E-state index contributed by atoms with van der Waals surface area (Å²) < 4.78 is 126. The van der Waals surface area contributed by atoms with Gasteiger partial charge in [0.25, 0.3) is 10.0 Å². The van der Waals surface area contributed by atoms with Gasteiger partial charge in [-0.3, -0.25) is 9.69 Å². The number of halogens is 8. The van der Waals surface area contributed by atoms with E-state index in [2.05, 4.69) is 9.57 Å². The lowest BCUT2D eigenvalue weighted by Gasteiger charge is -2.32. The fourth-order valence-corrected chi connectivity index (χ4v) is 6.29. The molecule has 1 saturated carbocycles. The summed E-state index contributed by atoms with van der Waals surface area (Å²) in [6.07, 6.45) is -9.73. The Hall–Kier alpha value is -3.82. The van der Waals surface area contributed by atoms with Crippen LogP contribution in [-0.2, 0) is 26.2 Å². The highest BCUT2D eigenvalue weighted by Gasteiger charge is 2.50. The molecule has 0 radical (unpaired) electrons. The molecule has 0 unspecified atom stereocenters. The second kappa shape index (κ2) is 13.5. The summed E-state index contributed by atoms with van der Waals surface area (Å²) >= 11 is 5.93. The third kappa shape index (κ3) is 8.91. The van der Waals surface area contributed by atoms with Gasteiger partial charge in [-0.1, -0.05) is 16.1 Å². The van der Waals surface area contributed by atoms with Crippen LogP contribution >= 0.6 is 11.6 Å². The number of hydrogen-bond donors (Lipinski definition) is 0. The first-order valence-corrected chi connectivity index (χ1v) is 15.3. The van der Waals surface area contributed by atoms with E-state index < -0.39 is 72.6 Å². The monoisotopic (exact) mass is 701 g/mol. The Morgan fingerprint density at radius 3 is 2.24 bits per heavy atom. The lowest BCUT2D eigenvalue weighted by atomic mass is 9.97. The van der Waals surface area contributed by atoms with Gasteiger partial charge in [-0.25, -0.2) is 17.6 Å². The molecular formula is C27H23ClF7N3O7S. The number of hydroxylamine groups is 1. The Labute approximate surface area is 262 Å². The van der Waals surface area contributed by atoms with Gasteiger partial charge in [-0.2, -0.15) is 18.4 Å². The van der Waals surface area contributed by atoms with Crippen molar-refractivity contribution in [2.75, 3.05) is 19.7 Å². The standard InChI is InChI=1S/C27H23ClF7N3O7S/c28-18-7-17(8-19(11-18)44-27(33,34)35)13-37-5-3-15(4-6-37)14-43-22-10-16(12-36)9-21(23(22)29)24(39)38(45-25(40)26(30,31)32)46(41,42)20-1-2-20/h7-11,15,20H,1-6,13-14H2. The fraction of sp³-hybridized carbons (Fsp3) is 0.444. The van der Waals surface area contributed by atoms with Crippen LogP contribution in [0, 0.1) is 23.1 Å². The van der Waals surface area contributed by atoms with Gasteiger partial charge < -0.3 is 14.3 Å². The van der Waals surface area contributed by atoms with Crippen LogP contribution in [0.2, 0.25) is 5.02 Å². The molecule has 250 valence electrons. The number of rotatable bonds is 9. The zero-order valence-corrected chi connectivity index (χ0v) is 24.9. The Kier molecular flexibility index (Phi) is 10.3. The van der Waals surface area contributed by atoms with Crippen LogP contribution < -0.4 is 9.47 Å². The topological polar surface area (TPSA) is 126 Å². The van der Waals surface area contributed by atoms with Crippen molar-refractivity contribution in [1.82, 2.24) is 9.37 Å². The zero-order chi connectivity index (χ0) is 34.0. The molecular weight excluding hydrogens is 679 g/mol. The molecule has 1 aliphatic heterocycles. The second-order valence-corrected chi connectivity index (χ2v) is 12.9. The minimum absolute atomic E-state index is 0.0455. The summed E-state index contributed by atoms with van der Waals surface area (Å²) in [5, 5.41) is 8.09. The number of hydrogen-bond acceptors (Lipinski definition) is 9. The molecule has 0 bridgehead atoms. The van der Waals surface area contributed by atoms with Crippen LogP contribution in [0.25, 0.3) is 0 Å². The number of sulfonamides is 1. The number of carbonyl (C=O) groups excluding carboxylic acids is 2. The van der Waals surface area contributed by atoms with Crippen LogP contribution in [0.4, 0.5) is 30.7 Å². The van der Waals surface area contributed by atoms with Crippen LogP contribution in [0.3, 0.4) is 0 Å². The van der Waals surface area contributed by atoms with Gasteiger partial charge in [-0.05, 0) is 74.5 Å². The van der Waals surface area contributed by atoms with Crippen molar-refractivity contribution in [1.29, 1.82) is 5.26 Å². The second-order valence-electron chi connectivity index (χ2n) is 10.5. The Morgan fingerprint density at radius 1 is 1.02 bits per heavy atom. The lowest BCUT2D eigenvalue weighted by Crippen LogP contribution is -2.44. The van der Waals surface area contributed by atoms with Crippen molar-refractivity contribution in [3.8, 4) is 17.6 Å². The molecule has 0 spiro atoms. The summed E-state index contributed by atoms with van der Waals surface area (Å²) in [6, 6.07) is 6.83. The Morgan fingerprint density at radius 2 is 1.67 bits per heavy atom. The number of ether oxygens (including phenoxy) is 2. The highest BCUT2D eigenvalue weighted by atomic mass is 35.5. The number of piperidine rings is 1. The first kappa shape index (κ1) is 35.0. The number of nitrogens with zero attached hydrogens (tertiary/aromatic N) is 3. The number of alkyl halides is 6. The number of carbonyl (C=O) groups is 2. The van der Waals surface area contributed by atoms with Gasteiger partial charge in [0.15, 0.2) is 11.6 Å². The van der Waals surface area contributed by atoms with E-state index in [0.717, 1.165) is 12.1 Å². The summed E-state index contributed by atoms with van der Waals surface area (Å²) in [7, 11) is -4.97. The molecule has 0 atom stereocenters. The van der Waals surface area contributed by atoms with Gasteiger partial charge in [0.05, 0.1) is 29.1 Å². The average molecular weight is 702 g/mol. The van der Waals surface area contributed by atoms with Crippen molar-refractivity contribution in [3.05, 3.63) is 57.9 Å². The van der Waals surface area contributed by atoms with Crippen molar-refractivity contribution in [3.63, 3.8) is 0 Å². The zero-order valence-electron chi connectivity index (χ0n) is 23.3. The van der Waals surface area contributed by atoms with E-state index in [1.165, 1.54) is 12.1 Å². The number of amides is 1. The molecule has 46 heavy (non-hydrogen) atoms. The molecule has 0 N–H and O–H groups in total. The Bertz CT molecular complexity index is 1640. The smallest absolute Gasteiger partial charge is 0.490 e. The molecule has 1 heterocycles. The molecule has 2 aromatic rings. The van der Waals surface area contributed by atoms with Crippen LogP contribution in [0.1, 0.15) is 47.2 Å². The van der Waals surface area contributed by atoms with Gasteiger partial charge >= 0.3 is 24.4 Å². The summed E-state index contributed by atoms with van der Waals surface area (Å²) in [4.78, 5) is 30.3. The van der Waals surface area contributed by atoms with Crippen molar-refractivity contribution < 1.29 is 63.1 Å². The molecule has 10 nitrogen and oxygen atoms in total. The molecule has 2 fully saturated rings. The maximum absolute atomic E-state index is 15.5. The molecule has 2 aromatic carbocycles. The third-order valence-corrected chi connectivity index (χ3v) is 9.13. The lowest BCUT2D eigenvalue weighted by molar-refractivity contribution is -0.274. The van der Waals surface area contributed by atoms with E-state index in [1.807, 2.05) is 4.90 Å². The van der Waals surface area contributed by atoms with Gasteiger partial charge in [-0.15, -0.1) is 13.2 Å². The molecule has 4 rings (SSSR count). The van der Waals surface area contributed by atoms with E-state index in [1.54, 1.807) is 6.07 Å². The molecule has 2 aliphatic rings. The van der Waals surface area contributed by atoms with Crippen molar-refractivity contribution in [2.24, 2.45) is 5.92 Å². The summed E-state index contributed by atoms with van der Waals surface area (Å²) in [5.41, 5.74) is -1.12. The van der Waals surface area contributed by atoms with E-state index in [-0.39, 0.29) is 36.9 Å². The first-order valence-electron chi connectivity index (χ1n) is 13.4. The van der Waals surface area contributed by atoms with E-state index in [4.69, 9.17) is 16.3 Å². The molecule has 1 saturated heterocycles. The number of nitriles is 1. The number of likely N-dealkylation sites (tertiary alicyclic amines) is 1. The highest BCUT2D eigenvalue weighted by molar-refractivity contribution is 7.90. The number of benzene rings is 2. The van der Waals surface area contributed by atoms with E-state index in [0.29, 0.717) is 37.6 Å². The summed E-state index contributed by atoms with van der Waals surface area (Å²) in [6.45, 7) is 0.977. The predicted octanol–water partition coefficient (Wildman–Crippen LogP) is 5.50. The summed E-state index contributed by atoms with van der Waals surface area (Å²) in [5.74, 6) is -7.85. The van der Waals surface area contributed by atoms with Gasteiger partial charge in [0.2, 0.25) is 0 Å². The third-order valence-electron chi connectivity index (χ3n) is 6.89. The Balaban J connectivity index is 1.44. The van der Waals surface area contributed by atoms with E-state index >= 15 is 4.39 Å². The van der Waals surface area contributed by atoms with Crippen LogP contribution in [-0.4, -0.2) is 67.1 Å². The predicted molar refractivity (Wildman–Crippen MR) is 143 cm³/mol. The highest BCUT2D eigenvalue weighted by Crippen LogP contribution is 2.35. The van der Waals surface area contributed by atoms with Crippen molar-refractivity contribution >= 4 is 33.5 Å². The molecule has 19 heteroatoms. The quantitative estimate of drug-likeness (QED) is 0.246. The first-order chi connectivity index (χ1) is 21.4. The van der Waals surface area contributed by atoms with Crippen molar-refractivity contribution in [2.45, 2.75) is 50.0 Å². The van der Waals surface area contributed by atoms with Crippen LogP contribution in [0.15, 0.2) is 30.3 Å². The molecule has 1 aliphatic carbocycles. The average Bonchev–Trinajstić information content (AvgIpc) is 3.80. The minimum Gasteiger partial charge on any atom is -0.490 e. The van der Waals surface area contributed by atoms with E-state index in [9.17, 15) is 49.6 Å². The maximum Gasteiger partial charge on any atom is 0.573 e. The fourth-order valence-electron chi connectivity index (χ4n) is 4.54. The molecule has 1 amide bonds. The van der Waals surface area contributed by atoms with Gasteiger partial charge in [0.1, 0.15) is 5.75 Å². The molecule has 0 aromatic heterocycles. The van der Waals surface area contributed by atoms with Crippen LogP contribution in [0.5, 0.6) is 11.5 Å². The maximum atomic E-state index is 15.5.